The van der Waals surface area contributed by atoms with Crippen LogP contribution in [0.2, 0.25) is 5.02 Å². The standard InChI is InChI=1S/C12H16ClF2N/c1-3-5-16-12(4-2)8-6-11(15)9(13)7-10(8)14/h6-7,12,16H,3-5H2,1-2H3. The molecule has 4 heteroatoms. The molecule has 1 aromatic rings. The molecule has 1 rings (SSSR count). The Bertz CT molecular complexity index is 355. The fraction of sp³-hybridized carbons (Fsp3) is 0.500. The van der Waals surface area contributed by atoms with Crippen LogP contribution in [0.25, 0.3) is 0 Å². The van der Waals surface area contributed by atoms with E-state index in [0.29, 0.717) is 12.0 Å². The van der Waals surface area contributed by atoms with E-state index < -0.39 is 11.6 Å². The van der Waals surface area contributed by atoms with E-state index in [1.54, 1.807) is 0 Å². The topological polar surface area (TPSA) is 12.0 Å². The van der Waals surface area contributed by atoms with Crippen LogP contribution in [0.1, 0.15) is 38.3 Å². The summed E-state index contributed by atoms with van der Waals surface area (Å²) in [7, 11) is 0. The summed E-state index contributed by atoms with van der Waals surface area (Å²) < 4.78 is 26.9. The monoisotopic (exact) mass is 247 g/mol. The van der Waals surface area contributed by atoms with E-state index in [9.17, 15) is 8.78 Å². The van der Waals surface area contributed by atoms with Crippen molar-refractivity contribution in [3.05, 3.63) is 34.4 Å². The highest BCUT2D eigenvalue weighted by molar-refractivity contribution is 6.30. The zero-order chi connectivity index (χ0) is 12.1. The fourth-order valence-electron chi connectivity index (χ4n) is 1.60. The minimum atomic E-state index is -0.574. The van der Waals surface area contributed by atoms with E-state index in [2.05, 4.69) is 5.32 Å². The van der Waals surface area contributed by atoms with Crippen LogP contribution in [-0.4, -0.2) is 6.54 Å². The molecule has 0 saturated heterocycles. The molecule has 0 bridgehead atoms. The Hall–Kier alpha value is -0.670. The molecule has 90 valence electrons. The Labute approximate surface area is 99.8 Å². The Kier molecular flexibility index (Phi) is 5.16. The first-order valence-corrected chi connectivity index (χ1v) is 5.85. The highest BCUT2D eigenvalue weighted by atomic mass is 35.5. The van der Waals surface area contributed by atoms with Crippen LogP contribution in [-0.2, 0) is 0 Å². The Morgan fingerprint density at radius 1 is 1.25 bits per heavy atom. The number of halogens is 3. The molecule has 1 atom stereocenters. The maximum atomic E-state index is 13.6. The van der Waals surface area contributed by atoms with Crippen molar-refractivity contribution in [1.82, 2.24) is 5.32 Å². The zero-order valence-corrected chi connectivity index (χ0v) is 10.2. The molecule has 1 unspecified atom stereocenters. The summed E-state index contributed by atoms with van der Waals surface area (Å²) in [6.07, 6.45) is 1.66. The number of rotatable bonds is 5. The summed E-state index contributed by atoms with van der Waals surface area (Å²) in [5.74, 6) is -1.03. The normalized spacial score (nSPS) is 12.8. The average molecular weight is 248 g/mol. The predicted octanol–water partition coefficient (Wildman–Crippen LogP) is 4.07. The molecule has 0 saturated carbocycles. The zero-order valence-electron chi connectivity index (χ0n) is 9.49. The van der Waals surface area contributed by atoms with Gasteiger partial charge in [0.1, 0.15) is 11.6 Å². The molecule has 0 radical (unpaired) electrons. The molecule has 0 aliphatic heterocycles. The first kappa shape index (κ1) is 13.4. The second kappa shape index (κ2) is 6.16. The van der Waals surface area contributed by atoms with Gasteiger partial charge in [-0.25, -0.2) is 8.78 Å². The largest absolute Gasteiger partial charge is 0.310 e. The van der Waals surface area contributed by atoms with Gasteiger partial charge in [0, 0.05) is 11.6 Å². The Morgan fingerprint density at radius 2 is 1.94 bits per heavy atom. The summed E-state index contributed by atoms with van der Waals surface area (Å²) in [6.45, 7) is 4.74. The van der Waals surface area contributed by atoms with Crippen molar-refractivity contribution >= 4 is 11.6 Å². The van der Waals surface area contributed by atoms with Gasteiger partial charge in [0.2, 0.25) is 0 Å². The predicted molar refractivity (Wildman–Crippen MR) is 62.7 cm³/mol. The van der Waals surface area contributed by atoms with Crippen molar-refractivity contribution in [2.75, 3.05) is 6.54 Å². The summed E-state index contributed by atoms with van der Waals surface area (Å²) in [5, 5.41) is 3.00. The summed E-state index contributed by atoms with van der Waals surface area (Å²) in [6, 6.07) is 2.04. The smallest absolute Gasteiger partial charge is 0.142 e. The molecule has 0 aliphatic carbocycles. The molecule has 0 spiro atoms. The van der Waals surface area contributed by atoms with Gasteiger partial charge >= 0.3 is 0 Å². The molecule has 0 aromatic heterocycles. The lowest BCUT2D eigenvalue weighted by atomic mass is 10.0. The van der Waals surface area contributed by atoms with Gasteiger partial charge in [-0.3, -0.25) is 0 Å². The Balaban J connectivity index is 2.95. The lowest BCUT2D eigenvalue weighted by molar-refractivity contribution is 0.483. The van der Waals surface area contributed by atoms with Gasteiger partial charge < -0.3 is 5.32 Å². The van der Waals surface area contributed by atoms with Gasteiger partial charge in [0.15, 0.2) is 0 Å². The van der Waals surface area contributed by atoms with E-state index in [-0.39, 0.29) is 11.1 Å². The highest BCUT2D eigenvalue weighted by Crippen LogP contribution is 2.25. The fourth-order valence-corrected chi connectivity index (χ4v) is 1.75. The van der Waals surface area contributed by atoms with Crippen LogP contribution in [0.4, 0.5) is 8.78 Å². The average Bonchev–Trinajstić information content (AvgIpc) is 2.26. The molecule has 1 nitrogen and oxygen atoms in total. The van der Waals surface area contributed by atoms with E-state index in [0.717, 1.165) is 19.0 Å². The van der Waals surface area contributed by atoms with Crippen LogP contribution in [0.15, 0.2) is 12.1 Å². The molecule has 0 aliphatic rings. The number of benzene rings is 1. The second-order valence-corrected chi connectivity index (χ2v) is 4.11. The van der Waals surface area contributed by atoms with Crippen molar-refractivity contribution in [3.63, 3.8) is 0 Å². The minimum absolute atomic E-state index is 0.160. The maximum absolute atomic E-state index is 13.6. The van der Waals surface area contributed by atoms with Gasteiger partial charge in [0.25, 0.3) is 0 Å². The molecule has 16 heavy (non-hydrogen) atoms. The van der Waals surface area contributed by atoms with E-state index in [1.807, 2.05) is 13.8 Å². The van der Waals surface area contributed by atoms with Crippen molar-refractivity contribution in [1.29, 1.82) is 0 Å². The van der Waals surface area contributed by atoms with Crippen LogP contribution >= 0.6 is 11.6 Å². The van der Waals surface area contributed by atoms with Crippen molar-refractivity contribution < 1.29 is 8.78 Å². The van der Waals surface area contributed by atoms with Gasteiger partial charge in [-0.1, -0.05) is 25.4 Å². The number of hydrogen-bond acceptors (Lipinski definition) is 1. The molecular formula is C12H16ClF2N. The Morgan fingerprint density at radius 3 is 2.50 bits per heavy atom. The van der Waals surface area contributed by atoms with E-state index in [4.69, 9.17) is 11.6 Å². The van der Waals surface area contributed by atoms with E-state index >= 15 is 0 Å². The third kappa shape index (κ3) is 3.16. The molecule has 0 heterocycles. The minimum Gasteiger partial charge on any atom is -0.310 e. The first-order chi connectivity index (χ1) is 7.60. The number of hydrogen-bond donors (Lipinski definition) is 1. The van der Waals surface area contributed by atoms with Crippen LogP contribution in [0.3, 0.4) is 0 Å². The lowest BCUT2D eigenvalue weighted by Gasteiger charge is -2.18. The summed E-state index contributed by atoms with van der Waals surface area (Å²) in [5.41, 5.74) is 0.345. The van der Waals surface area contributed by atoms with Gasteiger partial charge in [-0.2, -0.15) is 0 Å². The molecular weight excluding hydrogens is 232 g/mol. The molecule has 0 amide bonds. The van der Waals surface area contributed by atoms with Gasteiger partial charge in [0.05, 0.1) is 5.02 Å². The second-order valence-electron chi connectivity index (χ2n) is 3.70. The van der Waals surface area contributed by atoms with Gasteiger partial charge in [-0.05, 0) is 31.5 Å². The van der Waals surface area contributed by atoms with Crippen LogP contribution in [0.5, 0.6) is 0 Å². The van der Waals surface area contributed by atoms with Crippen LogP contribution in [0, 0.1) is 11.6 Å². The SMILES string of the molecule is CCCNC(CC)c1cc(F)c(Cl)cc1F. The third-order valence-corrected chi connectivity index (χ3v) is 2.75. The molecule has 1 aromatic carbocycles. The summed E-state index contributed by atoms with van der Waals surface area (Å²) >= 11 is 5.50. The van der Waals surface area contributed by atoms with Gasteiger partial charge in [-0.15, -0.1) is 0 Å². The molecule has 0 fully saturated rings. The van der Waals surface area contributed by atoms with Crippen molar-refractivity contribution in [2.45, 2.75) is 32.7 Å². The molecule has 1 N–H and O–H groups in total. The quantitative estimate of drug-likeness (QED) is 0.774. The highest BCUT2D eigenvalue weighted by Gasteiger charge is 2.16. The summed E-state index contributed by atoms with van der Waals surface area (Å²) in [4.78, 5) is 0. The van der Waals surface area contributed by atoms with Crippen molar-refractivity contribution in [2.24, 2.45) is 0 Å². The lowest BCUT2D eigenvalue weighted by Crippen LogP contribution is -2.22. The third-order valence-electron chi connectivity index (χ3n) is 2.46. The van der Waals surface area contributed by atoms with Crippen molar-refractivity contribution in [3.8, 4) is 0 Å². The number of nitrogens with one attached hydrogen (secondary N) is 1. The maximum Gasteiger partial charge on any atom is 0.142 e. The van der Waals surface area contributed by atoms with Crippen LogP contribution < -0.4 is 5.32 Å². The van der Waals surface area contributed by atoms with E-state index in [1.165, 1.54) is 6.07 Å². The first-order valence-electron chi connectivity index (χ1n) is 5.48.